The molecule has 27 heavy (non-hydrogen) atoms. The van der Waals surface area contributed by atoms with Crippen LogP contribution in [0.1, 0.15) is 31.2 Å². The average Bonchev–Trinajstić information content (AvgIpc) is 3.26. The first-order valence-electron chi connectivity index (χ1n) is 9.72. The molecule has 1 atom stereocenters. The summed E-state index contributed by atoms with van der Waals surface area (Å²) in [6.45, 7) is 2.42. The molecule has 3 heterocycles. The Hall–Kier alpha value is -2.47. The number of pyridine rings is 1. The van der Waals surface area contributed by atoms with Crippen molar-refractivity contribution in [3.8, 4) is 0 Å². The van der Waals surface area contributed by atoms with Crippen molar-refractivity contribution in [2.45, 2.75) is 38.3 Å². The third-order valence-electron chi connectivity index (χ3n) is 5.50. The van der Waals surface area contributed by atoms with Crippen LogP contribution in [0, 0.1) is 5.92 Å². The second-order valence-electron chi connectivity index (χ2n) is 7.36. The van der Waals surface area contributed by atoms with E-state index in [0.717, 1.165) is 29.3 Å². The van der Waals surface area contributed by atoms with Crippen LogP contribution in [0.5, 0.6) is 0 Å². The molecule has 4 rings (SSSR count). The number of amides is 2. The number of rotatable bonds is 4. The lowest BCUT2D eigenvalue weighted by Crippen LogP contribution is -2.46. The summed E-state index contributed by atoms with van der Waals surface area (Å²) in [5.41, 5.74) is 1.95. The first kappa shape index (κ1) is 17.9. The highest BCUT2D eigenvalue weighted by Crippen LogP contribution is 2.21. The minimum Gasteiger partial charge on any atom is -0.368 e. The van der Waals surface area contributed by atoms with Crippen LogP contribution >= 0.6 is 0 Å². The zero-order valence-electron chi connectivity index (χ0n) is 15.4. The third-order valence-corrected chi connectivity index (χ3v) is 5.50. The number of hydrogen-bond acceptors (Lipinski definition) is 4. The van der Waals surface area contributed by atoms with Crippen molar-refractivity contribution in [1.82, 2.24) is 15.2 Å². The molecule has 0 spiro atoms. The summed E-state index contributed by atoms with van der Waals surface area (Å²) >= 11 is 0. The van der Waals surface area contributed by atoms with Gasteiger partial charge in [-0.3, -0.25) is 14.6 Å². The molecular formula is C21H25N3O3. The Morgan fingerprint density at radius 2 is 2.00 bits per heavy atom. The van der Waals surface area contributed by atoms with Gasteiger partial charge < -0.3 is 15.0 Å². The van der Waals surface area contributed by atoms with Crippen molar-refractivity contribution in [2.24, 2.45) is 5.92 Å². The fourth-order valence-corrected chi connectivity index (χ4v) is 3.88. The quantitative estimate of drug-likeness (QED) is 0.900. The molecule has 6 nitrogen and oxygen atoms in total. The first-order valence-corrected chi connectivity index (χ1v) is 9.72. The Morgan fingerprint density at radius 3 is 2.78 bits per heavy atom. The Balaban J connectivity index is 1.27. The molecule has 2 amide bonds. The molecule has 2 fully saturated rings. The Bertz CT molecular complexity index is 824. The Labute approximate surface area is 158 Å². The maximum absolute atomic E-state index is 12.5. The first-order chi connectivity index (χ1) is 13.2. The molecule has 2 aliphatic rings. The maximum Gasteiger partial charge on any atom is 0.251 e. The van der Waals surface area contributed by atoms with E-state index in [1.165, 1.54) is 0 Å². The van der Waals surface area contributed by atoms with Gasteiger partial charge in [0.2, 0.25) is 5.91 Å². The van der Waals surface area contributed by atoms with Crippen molar-refractivity contribution in [3.63, 3.8) is 0 Å². The van der Waals surface area contributed by atoms with Crippen LogP contribution in [0.25, 0.3) is 10.9 Å². The third kappa shape index (κ3) is 4.11. The van der Waals surface area contributed by atoms with E-state index in [0.29, 0.717) is 39.1 Å². The summed E-state index contributed by atoms with van der Waals surface area (Å²) < 4.78 is 5.48. The highest BCUT2D eigenvalue weighted by atomic mass is 16.5. The number of aromatic nitrogens is 1. The summed E-state index contributed by atoms with van der Waals surface area (Å²) in [5.74, 6) is 0.118. The van der Waals surface area contributed by atoms with E-state index in [9.17, 15) is 9.59 Å². The fourth-order valence-electron chi connectivity index (χ4n) is 3.88. The van der Waals surface area contributed by atoms with Gasteiger partial charge in [-0.25, -0.2) is 0 Å². The van der Waals surface area contributed by atoms with Gasteiger partial charge in [0.15, 0.2) is 0 Å². The Morgan fingerprint density at radius 1 is 1.19 bits per heavy atom. The average molecular weight is 367 g/mol. The van der Waals surface area contributed by atoms with Gasteiger partial charge in [-0.05, 0) is 43.4 Å². The number of carbonyl (C=O) groups is 2. The zero-order chi connectivity index (χ0) is 18.6. The van der Waals surface area contributed by atoms with Crippen LogP contribution in [-0.4, -0.2) is 47.5 Å². The molecule has 0 radical (unpaired) electrons. The topological polar surface area (TPSA) is 71.5 Å². The molecular weight excluding hydrogens is 342 g/mol. The molecule has 1 aromatic carbocycles. The van der Waals surface area contributed by atoms with Gasteiger partial charge in [-0.15, -0.1) is 0 Å². The molecule has 2 aromatic rings. The van der Waals surface area contributed by atoms with E-state index in [4.69, 9.17) is 4.74 Å². The number of nitrogens with one attached hydrogen (secondary N) is 1. The second kappa shape index (κ2) is 8.05. The standard InChI is InChI=1S/C21H25N3O3/c25-20(23-14-15-12-17-4-1-2-5-18(17)22-13-15)16-7-9-24(10-8-16)21(26)19-6-3-11-27-19/h1-2,4-5,12-13,16,19H,3,6-11,14H2,(H,23,25). The van der Waals surface area contributed by atoms with Crippen molar-refractivity contribution in [2.75, 3.05) is 19.7 Å². The minimum absolute atomic E-state index is 0.0352. The van der Waals surface area contributed by atoms with Crippen LogP contribution < -0.4 is 5.32 Å². The van der Waals surface area contributed by atoms with Crippen LogP contribution in [-0.2, 0) is 20.9 Å². The number of hydrogen-bond donors (Lipinski definition) is 1. The van der Waals surface area contributed by atoms with Crippen molar-refractivity contribution in [1.29, 1.82) is 0 Å². The minimum atomic E-state index is -0.268. The number of para-hydroxylation sites is 1. The molecule has 1 aromatic heterocycles. The molecule has 6 heteroatoms. The molecule has 2 saturated heterocycles. The lowest BCUT2D eigenvalue weighted by atomic mass is 9.95. The summed E-state index contributed by atoms with van der Waals surface area (Å²) in [4.78, 5) is 31.2. The Kier molecular flexibility index (Phi) is 5.34. The number of carbonyl (C=O) groups excluding carboxylic acids is 2. The predicted molar refractivity (Wildman–Crippen MR) is 102 cm³/mol. The second-order valence-corrected chi connectivity index (χ2v) is 7.36. The fraction of sp³-hybridized carbons (Fsp3) is 0.476. The lowest BCUT2D eigenvalue weighted by Gasteiger charge is -2.32. The van der Waals surface area contributed by atoms with E-state index in [1.807, 2.05) is 35.4 Å². The zero-order valence-corrected chi connectivity index (χ0v) is 15.4. The number of likely N-dealkylation sites (tertiary alicyclic amines) is 1. The van der Waals surface area contributed by atoms with Crippen molar-refractivity contribution in [3.05, 3.63) is 42.1 Å². The summed E-state index contributed by atoms with van der Waals surface area (Å²) in [6.07, 6.45) is 4.74. The number of ether oxygens (including phenoxy) is 1. The normalized spacial score (nSPS) is 20.7. The largest absolute Gasteiger partial charge is 0.368 e. The molecule has 0 bridgehead atoms. The van der Waals surface area contributed by atoms with Gasteiger partial charge in [0, 0.05) is 43.7 Å². The molecule has 1 unspecified atom stereocenters. The molecule has 0 aliphatic carbocycles. The van der Waals surface area contributed by atoms with Gasteiger partial charge >= 0.3 is 0 Å². The number of fused-ring (bicyclic) bond motifs is 1. The summed E-state index contributed by atoms with van der Waals surface area (Å²) in [5, 5.41) is 4.10. The van der Waals surface area contributed by atoms with Gasteiger partial charge in [-0.2, -0.15) is 0 Å². The number of benzene rings is 1. The van der Waals surface area contributed by atoms with Crippen molar-refractivity contribution >= 4 is 22.7 Å². The predicted octanol–water partition coefficient (Wildman–Crippen LogP) is 2.27. The number of piperidine rings is 1. The SMILES string of the molecule is O=C(NCc1cnc2ccccc2c1)C1CCN(C(=O)C2CCCO2)CC1. The van der Waals surface area contributed by atoms with Crippen LogP contribution in [0.3, 0.4) is 0 Å². The summed E-state index contributed by atoms with van der Waals surface area (Å²) in [6, 6.07) is 10.0. The summed E-state index contributed by atoms with van der Waals surface area (Å²) in [7, 11) is 0. The van der Waals surface area contributed by atoms with Crippen LogP contribution in [0.2, 0.25) is 0 Å². The van der Waals surface area contributed by atoms with Crippen molar-refractivity contribution < 1.29 is 14.3 Å². The maximum atomic E-state index is 12.5. The van der Waals surface area contributed by atoms with E-state index in [1.54, 1.807) is 0 Å². The van der Waals surface area contributed by atoms with Crippen LogP contribution in [0.15, 0.2) is 36.5 Å². The van der Waals surface area contributed by atoms with Gasteiger partial charge in [0.1, 0.15) is 6.10 Å². The van der Waals surface area contributed by atoms with E-state index in [2.05, 4.69) is 16.4 Å². The molecule has 0 saturated carbocycles. The van der Waals surface area contributed by atoms with E-state index in [-0.39, 0.29) is 23.8 Å². The monoisotopic (exact) mass is 367 g/mol. The highest BCUT2D eigenvalue weighted by molar-refractivity contribution is 5.83. The van der Waals surface area contributed by atoms with Gasteiger partial charge in [0.05, 0.1) is 5.52 Å². The van der Waals surface area contributed by atoms with Gasteiger partial charge in [0.25, 0.3) is 5.91 Å². The number of nitrogens with zero attached hydrogens (tertiary/aromatic N) is 2. The van der Waals surface area contributed by atoms with Gasteiger partial charge in [-0.1, -0.05) is 18.2 Å². The molecule has 142 valence electrons. The van der Waals surface area contributed by atoms with E-state index >= 15 is 0 Å². The molecule has 2 aliphatic heterocycles. The molecule has 1 N–H and O–H groups in total. The van der Waals surface area contributed by atoms with E-state index < -0.39 is 0 Å². The lowest BCUT2D eigenvalue weighted by molar-refractivity contribution is -0.143. The highest BCUT2D eigenvalue weighted by Gasteiger charge is 2.32. The smallest absolute Gasteiger partial charge is 0.251 e. The van der Waals surface area contributed by atoms with Crippen LogP contribution in [0.4, 0.5) is 0 Å².